The quantitative estimate of drug-likeness (QED) is 0.674. The lowest BCUT2D eigenvalue weighted by molar-refractivity contribution is 0.297. The van der Waals surface area contributed by atoms with Crippen LogP contribution in [-0.4, -0.2) is 13.2 Å². The molecule has 0 radical (unpaired) electrons. The third-order valence-corrected chi connectivity index (χ3v) is 4.38. The number of ether oxygens (including phenoxy) is 2. The number of benzene rings is 1. The zero-order chi connectivity index (χ0) is 13.9. The van der Waals surface area contributed by atoms with Crippen molar-refractivity contribution in [2.45, 2.75) is 19.4 Å². The van der Waals surface area contributed by atoms with Gasteiger partial charge in [-0.25, -0.2) is 5.43 Å². The minimum absolute atomic E-state index is 0.0224. The van der Waals surface area contributed by atoms with Crippen LogP contribution in [0.3, 0.4) is 0 Å². The van der Waals surface area contributed by atoms with Gasteiger partial charge in [0.2, 0.25) is 0 Å². The van der Waals surface area contributed by atoms with Crippen LogP contribution in [0.5, 0.6) is 11.5 Å². The highest BCUT2D eigenvalue weighted by atomic mass is 32.1. The molecular formula is C15H18N2O2S. The Labute approximate surface area is 122 Å². The molecule has 0 aliphatic carbocycles. The predicted octanol–water partition coefficient (Wildman–Crippen LogP) is 2.77. The molecule has 2 aromatic rings. The van der Waals surface area contributed by atoms with Crippen molar-refractivity contribution in [2.75, 3.05) is 13.2 Å². The van der Waals surface area contributed by atoms with E-state index < -0.39 is 0 Å². The Morgan fingerprint density at radius 1 is 1.15 bits per heavy atom. The molecule has 1 aliphatic heterocycles. The van der Waals surface area contributed by atoms with E-state index in [1.807, 2.05) is 18.2 Å². The SMILES string of the molecule is Cc1ccc(C(NN)c2ccc3c(c2)OCCCO3)s1. The molecule has 0 saturated heterocycles. The van der Waals surface area contributed by atoms with Crippen LogP contribution >= 0.6 is 11.3 Å². The summed E-state index contributed by atoms with van der Waals surface area (Å²) in [6, 6.07) is 10.2. The summed E-state index contributed by atoms with van der Waals surface area (Å²) >= 11 is 1.74. The second-order valence-corrected chi connectivity index (χ2v) is 6.12. The van der Waals surface area contributed by atoms with Gasteiger partial charge in [0, 0.05) is 16.2 Å². The van der Waals surface area contributed by atoms with Crippen molar-refractivity contribution in [1.29, 1.82) is 0 Å². The predicted molar refractivity (Wildman–Crippen MR) is 80.3 cm³/mol. The van der Waals surface area contributed by atoms with E-state index in [4.69, 9.17) is 15.3 Å². The molecule has 3 rings (SSSR count). The van der Waals surface area contributed by atoms with Crippen molar-refractivity contribution in [2.24, 2.45) is 5.84 Å². The summed E-state index contributed by atoms with van der Waals surface area (Å²) in [4.78, 5) is 2.47. The highest BCUT2D eigenvalue weighted by Gasteiger charge is 2.18. The Balaban J connectivity index is 1.94. The molecular weight excluding hydrogens is 272 g/mol. The lowest BCUT2D eigenvalue weighted by atomic mass is 10.1. The van der Waals surface area contributed by atoms with E-state index in [1.165, 1.54) is 9.75 Å². The third kappa shape index (κ3) is 2.65. The minimum atomic E-state index is -0.0224. The second kappa shape index (κ2) is 5.83. The van der Waals surface area contributed by atoms with Crippen molar-refractivity contribution in [1.82, 2.24) is 5.43 Å². The van der Waals surface area contributed by atoms with Gasteiger partial charge in [-0.2, -0.15) is 0 Å². The molecule has 3 N–H and O–H groups in total. The number of nitrogens with one attached hydrogen (secondary N) is 1. The van der Waals surface area contributed by atoms with Crippen LogP contribution in [0.1, 0.15) is 27.8 Å². The van der Waals surface area contributed by atoms with Crippen molar-refractivity contribution >= 4 is 11.3 Å². The van der Waals surface area contributed by atoms with Crippen molar-refractivity contribution in [3.63, 3.8) is 0 Å². The first kappa shape index (κ1) is 13.4. The van der Waals surface area contributed by atoms with Crippen LogP contribution in [0.15, 0.2) is 30.3 Å². The minimum Gasteiger partial charge on any atom is -0.490 e. The van der Waals surface area contributed by atoms with Crippen LogP contribution in [0.2, 0.25) is 0 Å². The standard InChI is InChI=1S/C15H18N2O2S/c1-10-3-6-14(20-10)15(17-16)11-4-5-12-13(9-11)19-8-2-7-18-12/h3-6,9,15,17H,2,7-8,16H2,1H3. The first-order valence-electron chi connectivity index (χ1n) is 6.70. The summed E-state index contributed by atoms with van der Waals surface area (Å²) in [5.74, 6) is 7.35. The Bertz CT molecular complexity index is 597. The van der Waals surface area contributed by atoms with E-state index in [-0.39, 0.29) is 6.04 Å². The zero-order valence-electron chi connectivity index (χ0n) is 11.4. The number of hydrogen-bond acceptors (Lipinski definition) is 5. The van der Waals surface area contributed by atoms with E-state index in [9.17, 15) is 0 Å². The Morgan fingerprint density at radius 2 is 1.95 bits per heavy atom. The Hall–Kier alpha value is -1.56. The van der Waals surface area contributed by atoms with Gasteiger partial charge in [0.25, 0.3) is 0 Å². The molecule has 0 fully saturated rings. The van der Waals surface area contributed by atoms with Crippen molar-refractivity contribution in [3.05, 3.63) is 45.6 Å². The zero-order valence-corrected chi connectivity index (χ0v) is 12.2. The maximum absolute atomic E-state index is 5.74. The molecule has 2 heterocycles. The van der Waals surface area contributed by atoms with Gasteiger partial charge in [-0.3, -0.25) is 5.84 Å². The van der Waals surface area contributed by atoms with E-state index in [2.05, 4.69) is 24.5 Å². The molecule has 4 nitrogen and oxygen atoms in total. The van der Waals surface area contributed by atoms with Gasteiger partial charge in [-0.05, 0) is 36.8 Å². The summed E-state index contributed by atoms with van der Waals surface area (Å²) in [6.07, 6.45) is 0.909. The molecule has 0 bridgehead atoms. The average Bonchev–Trinajstić information content (AvgIpc) is 2.75. The molecule has 1 aromatic heterocycles. The molecule has 106 valence electrons. The van der Waals surface area contributed by atoms with E-state index >= 15 is 0 Å². The summed E-state index contributed by atoms with van der Waals surface area (Å²) in [7, 11) is 0. The van der Waals surface area contributed by atoms with E-state index in [1.54, 1.807) is 11.3 Å². The highest BCUT2D eigenvalue weighted by Crippen LogP contribution is 2.35. The topological polar surface area (TPSA) is 56.5 Å². The molecule has 0 saturated carbocycles. The Morgan fingerprint density at radius 3 is 2.65 bits per heavy atom. The van der Waals surface area contributed by atoms with Gasteiger partial charge < -0.3 is 9.47 Å². The molecule has 1 atom stereocenters. The molecule has 20 heavy (non-hydrogen) atoms. The van der Waals surface area contributed by atoms with Gasteiger partial charge in [0.05, 0.1) is 19.3 Å². The summed E-state index contributed by atoms with van der Waals surface area (Å²) in [6.45, 7) is 3.49. The molecule has 1 aliphatic rings. The molecule has 1 aromatic carbocycles. The Kier molecular flexibility index (Phi) is 3.91. The van der Waals surface area contributed by atoms with E-state index in [0.29, 0.717) is 13.2 Å². The van der Waals surface area contributed by atoms with Crippen molar-refractivity contribution in [3.8, 4) is 11.5 Å². The first-order chi connectivity index (χ1) is 9.78. The van der Waals surface area contributed by atoms with Crippen molar-refractivity contribution < 1.29 is 9.47 Å². The van der Waals surface area contributed by atoms with Crippen LogP contribution in [0.25, 0.3) is 0 Å². The largest absolute Gasteiger partial charge is 0.490 e. The molecule has 0 amide bonds. The van der Waals surface area contributed by atoms with Crippen LogP contribution in [0.4, 0.5) is 0 Å². The molecule has 5 heteroatoms. The second-order valence-electron chi connectivity index (χ2n) is 4.80. The van der Waals surface area contributed by atoms with Gasteiger partial charge >= 0.3 is 0 Å². The monoisotopic (exact) mass is 290 g/mol. The summed E-state index contributed by atoms with van der Waals surface area (Å²) < 4.78 is 11.4. The number of hydrazine groups is 1. The number of nitrogens with two attached hydrogens (primary N) is 1. The van der Waals surface area contributed by atoms with E-state index in [0.717, 1.165) is 23.5 Å². The van der Waals surface area contributed by atoms with Gasteiger partial charge in [0.1, 0.15) is 0 Å². The first-order valence-corrected chi connectivity index (χ1v) is 7.51. The number of fused-ring (bicyclic) bond motifs is 1. The number of aryl methyl sites for hydroxylation is 1. The number of rotatable bonds is 3. The molecule has 0 spiro atoms. The summed E-state index contributed by atoms with van der Waals surface area (Å²) in [5, 5.41) is 0. The van der Waals surface area contributed by atoms with Crippen LogP contribution < -0.4 is 20.7 Å². The highest BCUT2D eigenvalue weighted by molar-refractivity contribution is 7.12. The fourth-order valence-electron chi connectivity index (χ4n) is 2.31. The fraction of sp³-hybridized carbons (Fsp3) is 0.333. The number of thiophene rings is 1. The fourth-order valence-corrected chi connectivity index (χ4v) is 3.28. The summed E-state index contributed by atoms with van der Waals surface area (Å²) in [5.41, 5.74) is 3.97. The smallest absolute Gasteiger partial charge is 0.161 e. The number of hydrogen-bond donors (Lipinski definition) is 2. The van der Waals surface area contributed by atoms with Gasteiger partial charge in [-0.15, -0.1) is 11.3 Å². The average molecular weight is 290 g/mol. The van der Waals surface area contributed by atoms with Gasteiger partial charge in [0.15, 0.2) is 11.5 Å². The van der Waals surface area contributed by atoms with Crippen LogP contribution in [0, 0.1) is 6.92 Å². The van der Waals surface area contributed by atoms with Crippen LogP contribution in [-0.2, 0) is 0 Å². The third-order valence-electron chi connectivity index (χ3n) is 3.32. The maximum atomic E-state index is 5.74. The lowest BCUT2D eigenvalue weighted by Crippen LogP contribution is -2.28. The normalized spacial score (nSPS) is 15.7. The molecule has 1 unspecified atom stereocenters. The lowest BCUT2D eigenvalue weighted by Gasteiger charge is -2.17. The maximum Gasteiger partial charge on any atom is 0.161 e. The van der Waals surface area contributed by atoms with Gasteiger partial charge in [-0.1, -0.05) is 6.07 Å².